The number of hydrogen-bond donors (Lipinski definition) is 2. The second-order valence-electron chi connectivity index (χ2n) is 8.19. The highest BCUT2D eigenvalue weighted by atomic mass is 32.1. The number of hydrogen-bond acceptors (Lipinski definition) is 4. The number of benzene rings is 4. The van der Waals surface area contributed by atoms with E-state index in [-0.39, 0.29) is 5.75 Å². The first-order valence-electron chi connectivity index (χ1n) is 11.6. The van der Waals surface area contributed by atoms with Gasteiger partial charge in [-0.15, -0.1) is 0 Å². The molecule has 37 heavy (non-hydrogen) atoms. The number of halogens is 2. The Kier molecular flexibility index (Phi) is 7.28. The number of alkyl halides is 2. The molecular weight excluding hydrogens is 492 g/mol. The van der Waals surface area contributed by atoms with E-state index in [1.54, 1.807) is 12.1 Å². The molecule has 0 saturated carbocycles. The average molecular weight is 516 g/mol. The second-order valence-corrected chi connectivity index (χ2v) is 8.58. The lowest BCUT2D eigenvalue weighted by molar-refractivity contribution is -0.0498. The molecule has 0 spiro atoms. The summed E-state index contributed by atoms with van der Waals surface area (Å²) in [4.78, 5) is 0. The Bertz CT molecular complexity index is 1380. The van der Waals surface area contributed by atoms with Crippen molar-refractivity contribution in [1.29, 1.82) is 0 Å². The van der Waals surface area contributed by atoms with Gasteiger partial charge in [0, 0.05) is 16.8 Å². The summed E-state index contributed by atoms with van der Waals surface area (Å²) in [6.07, 6.45) is 0. The van der Waals surface area contributed by atoms with E-state index < -0.39 is 6.61 Å². The van der Waals surface area contributed by atoms with Gasteiger partial charge in [0.05, 0.1) is 12.2 Å². The lowest BCUT2D eigenvalue weighted by Gasteiger charge is -2.22. The molecule has 1 aliphatic rings. The van der Waals surface area contributed by atoms with Gasteiger partial charge < -0.3 is 14.8 Å². The van der Waals surface area contributed by atoms with E-state index >= 15 is 0 Å². The maximum atomic E-state index is 12.6. The van der Waals surface area contributed by atoms with Gasteiger partial charge in [-0.2, -0.15) is 8.78 Å². The van der Waals surface area contributed by atoms with Crippen molar-refractivity contribution in [3.8, 4) is 17.2 Å². The van der Waals surface area contributed by atoms with E-state index in [0.29, 0.717) is 11.7 Å². The van der Waals surface area contributed by atoms with Crippen molar-refractivity contribution in [2.75, 3.05) is 11.9 Å². The summed E-state index contributed by atoms with van der Waals surface area (Å²) in [5.74, 6) is 1.59. The Morgan fingerprint density at radius 3 is 2.00 bits per heavy atom. The first-order chi connectivity index (χ1) is 18.0. The first-order valence-corrected chi connectivity index (χ1v) is 12.0. The van der Waals surface area contributed by atoms with Crippen LogP contribution in [0.2, 0.25) is 0 Å². The molecule has 8 heteroatoms. The molecule has 0 unspecified atom stereocenters. The number of nitrogens with one attached hydrogen (secondary N) is 2. The predicted octanol–water partition coefficient (Wildman–Crippen LogP) is 7.17. The van der Waals surface area contributed by atoms with Gasteiger partial charge in [0.1, 0.15) is 17.2 Å². The Morgan fingerprint density at radius 1 is 0.757 bits per heavy atom. The number of thiocarbonyl (C=S) groups is 1. The standard InChI is InChI=1S/C29H23F2N3O2S/c30-28(31)36-25-15-11-21(12-16-25)27-26(20-7-3-1-4-8-20)19-34(33-27)29(37)32-22-13-17-24(18-14-22)35-23-9-5-2-6-10-23/h1-18,28,33H,19H2,(H,32,37). The van der Waals surface area contributed by atoms with Crippen LogP contribution in [0.25, 0.3) is 11.3 Å². The van der Waals surface area contributed by atoms with Crippen LogP contribution in [0, 0.1) is 0 Å². The average Bonchev–Trinajstić information content (AvgIpc) is 3.37. The minimum absolute atomic E-state index is 0.104. The molecule has 0 radical (unpaired) electrons. The van der Waals surface area contributed by atoms with E-state index in [9.17, 15) is 8.78 Å². The quantitative estimate of drug-likeness (QED) is 0.255. The van der Waals surface area contributed by atoms with Crippen LogP contribution in [-0.2, 0) is 0 Å². The van der Waals surface area contributed by atoms with Crippen molar-refractivity contribution in [2.45, 2.75) is 6.61 Å². The van der Waals surface area contributed by atoms with Gasteiger partial charge in [0.25, 0.3) is 0 Å². The van der Waals surface area contributed by atoms with Crippen LogP contribution in [0.3, 0.4) is 0 Å². The SMILES string of the molecule is FC(F)Oc1ccc(C2=C(c3ccccc3)CN(C(=S)Nc3ccc(Oc4ccccc4)cc3)N2)cc1. The summed E-state index contributed by atoms with van der Waals surface area (Å²) < 4.78 is 35.5. The van der Waals surface area contributed by atoms with Crippen molar-refractivity contribution < 1.29 is 18.3 Å². The smallest absolute Gasteiger partial charge is 0.387 e. The van der Waals surface area contributed by atoms with Crippen LogP contribution < -0.4 is 20.2 Å². The number of nitrogens with zero attached hydrogens (tertiary/aromatic N) is 1. The van der Waals surface area contributed by atoms with Crippen molar-refractivity contribution in [1.82, 2.24) is 10.4 Å². The molecule has 0 amide bonds. The van der Waals surface area contributed by atoms with Gasteiger partial charge in [-0.25, -0.2) is 0 Å². The molecule has 0 aromatic heterocycles. The number of rotatable bonds is 7. The minimum atomic E-state index is -2.87. The van der Waals surface area contributed by atoms with Crippen molar-refractivity contribution in [3.05, 3.63) is 120 Å². The zero-order valence-electron chi connectivity index (χ0n) is 19.6. The maximum absolute atomic E-state index is 12.6. The van der Waals surface area contributed by atoms with E-state index in [0.717, 1.165) is 39.6 Å². The Morgan fingerprint density at radius 2 is 1.35 bits per heavy atom. The van der Waals surface area contributed by atoms with Gasteiger partial charge in [0.2, 0.25) is 0 Å². The summed E-state index contributed by atoms with van der Waals surface area (Å²) in [5, 5.41) is 5.58. The summed E-state index contributed by atoms with van der Waals surface area (Å²) in [5.41, 5.74) is 7.92. The van der Waals surface area contributed by atoms with E-state index in [4.69, 9.17) is 17.0 Å². The maximum Gasteiger partial charge on any atom is 0.387 e. The fourth-order valence-electron chi connectivity index (χ4n) is 3.94. The molecular formula is C29H23F2N3O2S. The van der Waals surface area contributed by atoms with Crippen molar-refractivity contribution in [2.24, 2.45) is 0 Å². The highest BCUT2D eigenvalue weighted by Crippen LogP contribution is 2.32. The third-order valence-electron chi connectivity index (χ3n) is 5.68. The highest BCUT2D eigenvalue weighted by molar-refractivity contribution is 7.80. The lowest BCUT2D eigenvalue weighted by Crippen LogP contribution is -2.40. The summed E-state index contributed by atoms with van der Waals surface area (Å²) in [6.45, 7) is -2.36. The van der Waals surface area contributed by atoms with Gasteiger partial charge in [-0.1, -0.05) is 48.5 Å². The van der Waals surface area contributed by atoms with Crippen LogP contribution in [0.5, 0.6) is 17.2 Å². The highest BCUT2D eigenvalue weighted by Gasteiger charge is 2.26. The summed E-state index contributed by atoms with van der Waals surface area (Å²) >= 11 is 5.70. The molecule has 186 valence electrons. The first kappa shape index (κ1) is 24.3. The molecule has 4 aromatic rings. The zero-order chi connectivity index (χ0) is 25.6. The van der Waals surface area contributed by atoms with Crippen LogP contribution in [0.4, 0.5) is 14.5 Å². The second kappa shape index (κ2) is 11.1. The molecule has 0 saturated heterocycles. The minimum Gasteiger partial charge on any atom is -0.457 e. The molecule has 0 atom stereocenters. The van der Waals surface area contributed by atoms with E-state index in [1.807, 2.05) is 89.9 Å². The Hall–Kier alpha value is -4.43. The van der Waals surface area contributed by atoms with Crippen LogP contribution >= 0.6 is 12.2 Å². The van der Waals surface area contributed by atoms with Crippen molar-refractivity contribution in [3.63, 3.8) is 0 Å². The lowest BCUT2D eigenvalue weighted by atomic mass is 10.0. The molecule has 2 N–H and O–H groups in total. The Balaban J connectivity index is 1.30. The van der Waals surface area contributed by atoms with E-state index in [2.05, 4.69) is 15.5 Å². The summed E-state index contributed by atoms with van der Waals surface area (Å²) in [7, 11) is 0. The third-order valence-corrected chi connectivity index (χ3v) is 6.01. The fraction of sp³-hybridized carbons (Fsp3) is 0.0690. The van der Waals surface area contributed by atoms with E-state index in [1.165, 1.54) is 12.1 Å². The Labute approximate surface area is 218 Å². The largest absolute Gasteiger partial charge is 0.457 e. The molecule has 0 aliphatic carbocycles. The fourth-order valence-corrected chi connectivity index (χ4v) is 4.17. The van der Waals surface area contributed by atoms with Crippen LogP contribution in [-0.4, -0.2) is 23.3 Å². The topological polar surface area (TPSA) is 45.8 Å². The summed E-state index contributed by atoms with van der Waals surface area (Å²) in [6, 6.07) is 33.6. The molecule has 5 nitrogen and oxygen atoms in total. The normalized spacial score (nSPS) is 12.9. The molecule has 1 aliphatic heterocycles. The van der Waals surface area contributed by atoms with Gasteiger partial charge in [-0.3, -0.25) is 10.4 Å². The van der Waals surface area contributed by atoms with Gasteiger partial charge >= 0.3 is 6.61 Å². The van der Waals surface area contributed by atoms with Gasteiger partial charge in [-0.05, 0) is 78.4 Å². The number of para-hydroxylation sites is 1. The number of hydrazine groups is 1. The molecule has 4 aromatic carbocycles. The molecule has 5 rings (SSSR count). The predicted molar refractivity (Wildman–Crippen MR) is 145 cm³/mol. The molecule has 0 bridgehead atoms. The zero-order valence-corrected chi connectivity index (χ0v) is 20.4. The third kappa shape index (κ3) is 6.05. The van der Waals surface area contributed by atoms with Crippen LogP contribution in [0.15, 0.2) is 109 Å². The monoisotopic (exact) mass is 515 g/mol. The van der Waals surface area contributed by atoms with Crippen LogP contribution in [0.1, 0.15) is 11.1 Å². The number of ether oxygens (including phenoxy) is 2. The molecule has 1 heterocycles. The van der Waals surface area contributed by atoms with Crippen molar-refractivity contribution >= 4 is 34.3 Å². The molecule has 0 fully saturated rings. The van der Waals surface area contributed by atoms with Gasteiger partial charge in [0.15, 0.2) is 5.11 Å². The number of anilines is 1.